The molecule has 0 atom stereocenters. The number of ether oxygens (including phenoxy) is 2. The Bertz CT molecular complexity index is 379. The number of hydrogen-bond acceptors (Lipinski definition) is 3. The molecule has 1 aromatic rings. The lowest BCUT2D eigenvalue weighted by Crippen LogP contribution is -2.22. The maximum absolute atomic E-state index is 5.50. The molecule has 0 aliphatic carbocycles. The zero-order valence-corrected chi connectivity index (χ0v) is 9.48. The van der Waals surface area contributed by atoms with Crippen molar-refractivity contribution >= 4 is 0 Å². The van der Waals surface area contributed by atoms with Gasteiger partial charge in [-0.25, -0.2) is 0 Å². The fourth-order valence-electron chi connectivity index (χ4n) is 1.79. The van der Waals surface area contributed by atoms with Gasteiger partial charge >= 0.3 is 0 Å². The van der Waals surface area contributed by atoms with Crippen LogP contribution in [0.4, 0.5) is 0 Å². The third kappa shape index (κ3) is 2.19. The van der Waals surface area contributed by atoms with E-state index in [-0.39, 0.29) is 0 Å². The van der Waals surface area contributed by atoms with E-state index in [2.05, 4.69) is 12.1 Å². The Labute approximate surface area is 95.9 Å². The summed E-state index contributed by atoms with van der Waals surface area (Å²) in [4.78, 5) is 0. The molecule has 1 aliphatic heterocycles. The summed E-state index contributed by atoms with van der Waals surface area (Å²) in [7, 11) is 0. The molecular weight excluding hydrogens is 202 g/mol. The molecule has 1 heterocycles. The minimum absolute atomic E-state index is 0.668. The first kappa shape index (κ1) is 11.0. The molecule has 0 amide bonds. The molecule has 1 aromatic carbocycles. The Morgan fingerprint density at radius 3 is 2.69 bits per heavy atom. The molecule has 0 saturated carbocycles. The fraction of sp³-hybridized carbons (Fsp3) is 0.385. The van der Waals surface area contributed by atoms with E-state index in [4.69, 9.17) is 15.2 Å². The van der Waals surface area contributed by atoms with E-state index in [0.717, 1.165) is 24.9 Å². The molecule has 0 bridgehead atoms. The standard InChI is InChI=1S/C13H17NO2/c1-13(15-8-9-16-13)12-6-2-4-11(10-12)5-3-7-14/h2,4,6,8-10H,3,5,7,14H2,1H3. The SMILES string of the molecule is CC1(c2cccc(CCCN)c2)OC=CO1. The van der Waals surface area contributed by atoms with Crippen molar-refractivity contribution in [2.24, 2.45) is 5.73 Å². The molecule has 2 rings (SSSR count). The summed E-state index contributed by atoms with van der Waals surface area (Å²) in [6.07, 6.45) is 5.15. The van der Waals surface area contributed by atoms with Gasteiger partial charge in [-0.2, -0.15) is 0 Å². The number of benzene rings is 1. The predicted octanol–water partition coefficient (Wildman–Crippen LogP) is 2.27. The van der Waals surface area contributed by atoms with E-state index in [1.165, 1.54) is 5.56 Å². The lowest BCUT2D eigenvalue weighted by Gasteiger charge is -2.23. The molecule has 16 heavy (non-hydrogen) atoms. The van der Waals surface area contributed by atoms with Crippen LogP contribution >= 0.6 is 0 Å². The van der Waals surface area contributed by atoms with Crippen LogP contribution in [0.25, 0.3) is 0 Å². The molecule has 0 radical (unpaired) electrons. The molecule has 0 aromatic heterocycles. The first-order valence-electron chi connectivity index (χ1n) is 5.55. The Morgan fingerprint density at radius 1 is 1.25 bits per heavy atom. The van der Waals surface area contributed by atoms with E-state index >= 15 is 0 Å². The topological polar surface area (TPSA) is 44.5 Å². The van der Waals surface area contributed by atoms with Crippen LogP contribution in [0.5, 0.6) is 0 Å². The summed E-state index contributed by atoms with van der Waals surface area (Å²) in [6, 6.07) is 8.25. The maximum atomic E-state index is 5.50. The van der Waals surface area contributed by atoms with Crippen LogP contribution in [0.2, 0.25) is 0 Å². The van der Waals surface area contributed by atoms with Gasteiger partial charge in [0.25, 0.3) is 5.79 Å². The Morgan fingerprint density at radius 2 is 2.00 bits per heavy atom. The van der Waals surface area contributed by atoms with Gasteiger partial charge in [0.1, 0.15) is 12.5 Å². The van der Waals surface area contributed by atoms with Crippen molar-refractivity contribution in [3.05, 3.63) is 47.9 Å². The predicted molar refractivity (Wildman–Crippen MR) is 62.5 cm³/mol. The summed E-state index contributed by atoms with van der Waals surface area (Å²) in [5, 5.41) is 0. The second-order valence-corrected chi connectivity index (χ2v) is 4.05. The summed E-state index contributed by atoms with van der Waals surface area (Å²) in [6.45, 7) is 2.63. The van der Waals surface area contributed by atoms with Crippen LogP contribution in [0, 0.1) is 0 Å². The number of hydrogen-bond donors (Lipinski definition) is 1. The van der Waals surface area contributed by atoms with Crippen molar-refractivity contribution in [1.29, 1.82) is 0 Å². The number of nitrogens with two attached hydrogens (primary N) is 1. The largest absolute Gasteiger partial charge is 0.453 e. The average molecular weight is 219 g/mol. The summed E-state index contributed by atoms with van der Waals surface area (Å²) < 4.78 is 10.9. The molecule has 0 fully saturated rings. The third-order valence-corrected chi connectivity index (χ3v) is 2.76. The normalized spacial score (nSPS) is 16.9. The number of rotatable bonds is 4. The second kappa shape index (κ2) is 4.58. The van der Waals surface area contributed by atoms with E-state index in [0.29, 0.717) is 0 Å². The first-order chi connectivity index (χ1) is 7.74. The quantitative estimate of drug-likeness (QED) is 0.844. The highest BCUT2D eigenvalue weighted by Crippen LogP contribution is 2.31. The van der Waals surface area contributed by atoms with Gasteiger partial charge in [-0.1, -0.05) is 18.2 Å². The number of aryl methyl sites for hydroxylation is 1. The van der Waals surface area contributed by atoms with E-state index in [9.17, 15) is 0 Å². The fourth-order valence-corrected chi connectivity index (χ4v) is 1.79. The van der Waals surface area contributed by atoms with Crippen LogP contribution in [-0.2, 0) is 21.7 Å². The highest BCUT2D eigenvalue weighted by molar-refractivity contribution is 5.27. The Balaban J connectivity index is 2.15. The maximum Gasteiger partial charge on any atom is 0.273 e. The molecule has 2 N–H and O–H groups in total. The average Bonchev–Trinajstić information content (AvgIpc) is 2.75. The smallest absolute Gasteiger partial charge is 0.273 e. The lowest BCUT2D eigenvalue weighted by atomic mass is 10.0. The molecule has 86 valence electrons. The van der Waals surface area contributed by atoms with E-state index < -0.39 is 5.79 Å². The summed E-state index contributed by atoms with van der Waals surface area (Å²) in [5.74, 6) is -0.668. The van der Waals surface area contributed by atoms with Crippen molar-refractivity contribution in [2.75, 3.05) is 6.54 Å². The highest BCUT2D eigenvalue weighted by atomic mass is 16.7. The van der Waals surface area contributed by atoms with Gasteiger partial charge in [-0.15, -0.1) is 0 Å². The summed E-state index contributed by atoms with van der Waals surface area (Å²) >= 11 is 0. The lowest BCUT2D eigenvalue weighted by molar-refractivity contribution is -0.133. The Hall–Kier alpha value is -1.48. The zero-order chi connectivity index (χ0) is 11.4. The van der Waals surface area contributed by atoms with Gasteiger partial charge in [0.2, 0.25) is 0 Å². The van der Waals surface area contributed by atoms with Gasteiger partial charge in [-0.05, 0) is 31.0 Å². The van der Waals surface area contributed by atoms with Crippen molar-refractivity contribution in [3.63, 3.8) is 0 Å². The highest BCUT2D eigenvalue weighted by Gasteiger charge is 2.31. The van der Waals surface area contributed by atoms with Crippen LogP contribution in [-0.4, -0.2) is 6.54 Å². The van der Waals surface area contributed by atoms with Gasteiger partial charge in [-0.3, -0.25) is 0 Å². The van der Waals surface area contributed by atoms with E-state index in [1.807, 2.05) is 19.1 Å². The van der Waals surface area contributed by atoms with Gasteiger partial charge in [0, 0.05) is 12.5 Å². The van der Waals surface area contributed by atoms with Gasteiger partial charge < -0.3 is 15.2 Å². The monoisotopic (exact) mass is 219 g/mol. The molecule has 0 spiro atoms. The zero-order valence-electron chi connectivity index (χ0n) is 9.48. The molecule has 0 unspecified atom stereocenters. The van der Waals surface area contributed by atoms with Gasteiger partial charge in [0.05, 0.1) is 0 Å². The molecule has 3 heteroatoms. The minimum Gasteiger partial charge on any atom is -0.453 e. The summed E-state index contributed by atoms with van der Waals surface area (Å²) in [5.41, 5.74) is 7.80. The minimum atomic E-state index is -0.668. The Kier molecular flexibility index (Phi) is 3.15. The molecular formula is C13H17NO2. The molecule has 0 saturated heterocycles. The van der Waals surface area contributed by atoms with Crippen LogP contribution in [0.3, 0.4) is 0 Å². The van der Waals surface area contributed by atoms with Crippen LogP contribution in [0.15, 0.2) is 36.8 Å². The van der Waals surface area contributed by atoms with Gasteiger partial charge in [0.15, 0.2) is 0 Å². The van der Waals surface area contributed by atoms with Crippen molar-refractivity contribution in [1.82, 2.24) is 0 Å². The first-order valence-corrected chi connectivity index (χ1v) is 5.55. The van der Waals surface area contributed by atoms with Crippen molar-refractivity contribution in [2.45, 2.75) is 25.6 Å². The second-order valence-electron chi connectivity index (χ2n) is 4.05. The van der Waals surface area contributed by atoms with Crippen molar-refractivity contribution < 1.29 is 9.47 Å². The molecule has 3 nitrogen and oxygen atoms in total. The third-order valence-electron chi connectivity index (χ3n) is 2.76. The van der Waals surface area contributed by atoms with Crippen LogP contribution < -0.4 is 5.73 Å². The van der Waals surface area contributed by atoms with E-state index in [1.54, 1.807) is 12.5 Å². The van der Waals surface area contributed by atoms with Crippen LogP contribution in [0.1, 0.15) is 24.5 Å². The van der Waals surface area contributed by atoms with Crippen molar-refractivity contribution in [3.8, 4) is 0 Å². The molecule has 1 aliphatic rings.